The van der Waals surface area contributed by atoms with Gasteiger partial charge in [0.1, 0.15) is 0 Å². The molecule has 3 nitrogen and oxygen atoms in total. The molecular formula is C18H22N2OS. The summed E-state index contributed by atoms with van der Waals surface area (Å²) in [5.41, 5.74) is 2.09. The van der Waals surface area contributed by atoms with E-state index in [9.17, 15) is 4.79 Å². The highest BCUT2D eigenvalue weighted by Gasteiger charge is 2.14. The zero-order chi connectivity index (χ0) is 15.2. The van der Waals surface area contributed by atoms with Gasteiger partial charge >= 0.3 is 0 Å². The summed E-state index contributed by atoms with van der Waals surface area (Å²) < 4.78 is 0. The predicted octanol–water partition coefficient (Wildman–Crippen LogP) is 4.31. The van der Waals surface area contributed by atoms with Gasteiger partial charge in [0.15, 0.2) is 0 Å². The van der Waals surface area contributed by atoms with E-state index in [1.807, 2.05) is 29.6 Å². The van der Waals surface area contributed by atoms with Crippen molar-refractivity contribution in [3.63, 3.8) is 0 Å². The third kappa shape index (κ3) is 3.89. The Bertz CT molecular complexity index is 601. The molecule has 0 radical (unpaired) electrons. The van der Waals surface area contributed by atoms with Gasteiger partial charge in [-0.05, 0) is 36.4 Å². The monoisotopic (exact) mass is 314 g/mol. The van der Waals surface area contributed by atoms with E-state index in [4.69, 9.17) is 0 Å². The topological polar surface area (TPSA) is 32.3 Å². The van der Waals surface area contributed by atoms with E-state index in [1.165, 1.54) is 25.7 Å². The standard InChI is InChI=1S/C18H22N2OS/c21-18(14-15-8-7-13-22-15)19-16-9-3-4-10-17(16)20-11-5-1-2-6-12-20/h3-4,7-10,13H,1-2,5-6,11-12,14H2,(H,19,21). The fourth-order valence-corrected chi connectivity index (χ4v) is 3.64. The zero-order valence-corrected chi connectivity index (χ0v) is 13.6. The lowest BCUT2D eigenvalue weighted by atomic mass is 10.2. The number of anilines is 2. The van der Waals surface area contributed by atoms with Crippen molar-refractivity contribution in [2.24, 2.45) is 0 Å². The third-order valence-corrected chi connectivity index (χ3v) is 4.92. The van der Waals surface area contributed by atoms with Crippen molar-refractivity contribution in [2.75, 3.05) is 23.3 Å². The molecule has 0 bridgehead atoms. The molecule has 1 saturated heterocycles. The van der Waals surface area contributed by atoms with Crippen molar-refractivity contribution in [2.45, 2.75) is 32.1 Å². The Morgan fingerprint density at radius 3 is 2.55 bits per heavy atom. The van der Waals surface area contributed by atoms with E-state index in [0.717, 1.165) is 29.3 Å². The smallest absolute Gasteiger partial charge is 0.229 e. The molecule has 4 heteroatoms. The van der Waals surface area contributed by atoms with Crippen molar-refractivity contribution < 1.29 is 4.79 Å². The number of carbonyl (C=O) groups is 1. The molecule has 3 rings (SSSR count). The Hall–Kier alpha value is -1.81. The molecular weight excluding hydrogens is 292 g/mol. The zero-order valence-electron chi connectivity index (χ0n) is 12.8. The van der Waals surface area contributed by atoms with Crippen LogP contribution in [0, 0.1) is 0 Å². The van der Waals surface area contributed by atoms with Gasteiger partial charge in [-0.15, -0.1) is 11.3 Å². The first-order valence-electron chi connectivity index (χ1n) is 7.99. The molecule has 0 aliphatic carbocycles. The lowest BCUT2D eigenvalue weighted by molar-refractivity contribution is -0.115. The quantitative estimate of drug-likeness (QED) is 0.912. The first kappa shape index (κ1) is 15.1. The number of thiophene rings is 1. The largest absolute Gasteiger partial charge is 0.370 e. The maximum absolute atomic E-state index is 12.3. The van der Waals surface area contributed by atoms with Crippen LogP contribution in [0.25, 0.3) is 0 Å². The van der Waals surface area contributed by atoms with Gasteiger partial charge in [-0.3, -0.25) is 4.79 Å². The number of carbonyl (C=O) groups excluding carboxylic acids is 1. The summed E-state index contributed by atoms with van der Waals surface area (Å²) in [6.45, 7) is 2.16. The van der Waals surface area contributed by atoms with Gasteiger partial charge in [0.05, 0.1) is 17.8 Å². The fraction of sp³-hybridized carbons (Fsp3) is 0.389. The molecule has 1 N–H and O–H groups in total. The van der Waals surface area contributed by atoms with E-state index >= 15 is 0 Å². The average Bonchev–Trinajstić information content (AvgIpc) is 2.87. The normalized spacial score (nSPS) is 15.4. The second-order valence-corrected chi connectivity index (χ2v) is 6.75. The summed E-state index contributed by atoms with van der Waals surface area (Å²) >= 11 is 1.63. The second-order valence-electron chi connectivity index (χ2n) is 5.72. The van der Waals surface area contributed by atoms with Crippen LogP contribution in [-0.4, -0.2) is 19.0 Å². The fourth-order valence-electron chi connectivity index (χ4n) is 2.93. The first-order chi connectivity index (χ1) is 10.8. The Morgan fingerprint density at radius 1 is 1.05 bits per heavy atom. The summed E-state index contributed by atoms with van der Waals surface area (Å²) in [5, 5.41) is 5.10. The van der Waals surface area contributed by atoms with E-state index in [0.29, 0.717) is 6.42 Å². The average molecular weight is 314 g/mol. The van der Waals surface area contributed by atoms with Gasteiger partial charge in [-0.25, -0.2) is 0 Å². The van der Waals surface area contributed by atoms with E-state index < -0.39 is 0 Å². The molecule has 1 aliphatic heterocycles. The number of benzene rings is 1. The van der Waals surface area contributed by atoms with E-state index in [1.54, 1.807) is 11.3 Å². The van der Waals surface area contributed by atoms with Gasteiger partial charge in [-0.1, -0.05) is 31.0 Å². The maximum atomic E-state index is 12.3. The molecule has 1 amide bonds. The van der Waals surface area contributed by atoms with Crippen LogP contribution in [0.15, 0.2) is 41.8 Å². The number of amides is 1. The Kier molecular flexibility index (Phi) is 5.11. The number of nitrogens with one attached hydrogen (secondary N) is 1. The Balaban J connectivity index is 1.71. The second kappa shape index (κ2) is 7.45. The molecule has 1 aliphatic rings. The molecule has 1 aromatic heterocycles. The number of hydrogen-bond acceptors (Lipinski definition) is 3. The van der Waals surface area contributed by atoms with Crippen LogP contribution >= 0.6 is 11.3 Å². The Morgan fingerprint density at radius 2 is 1.82 bits per heavy atom. The van der Waals surface area contributed by atoms with Crippen molar-refractivity contribution in [3.05, 3.63) is 46.7 Å². The molecule has 1 fully saturated rings. The van der Waals surface area contributed by atoms with Crippen LogP contribution in [0.1, 0.15) is 30.6 Å². The molecule has 0 saturated carbocycles. The first-order valence-corrected chi connectivity index (χ1v) is 8.87. The summed E-state index contributed by atoms with van der Waals surface area (Å²) in [6.07, 6.45) is 5.54. The minimum atomic E-state index is 0.0599. The summed E-state index contributed by atoms with van der Waals surface area (Å²) in [7, 11) is 0. The Labute approximate surface area is 136 Å². The van der Waals surface area contributed by atoms with Gasteiger partial charge in [-0.2, -0.15) is 0 Å². The van der Waals surface area contributed by atoms with Gasteiger partial charge in [0.2, 0.25) is 5.91 Å². The van der Waals surface area contributed by atoms with Crippen LogP contribution in [0.3, 0.4) is 0 Å². The minimum Gasteiger partial charge on any atom is -0.370 e. The molecule has 2 aromatic rings. The van der Waals surface area contributed by atoms with Gasteiger partial charge in [0.25, 0.3) is 0 Å². The highest BCUT2D eigenvalue weighted by Crippen LogP contribution is 2.28. The molecule has 0 atom stereocenters. The molecule has 0 spiro atoms. The van der Waals surface area contributed by atoms with Crippen LogP contribution in [0.2, 0.25) is 0 Å². The SMILES string of the molecule is O=C(Cc1cccs1)Nc1ccccc1N1CCCCCC1. The molecule has 0 unspecified atom stereocenters. The van der Waals surface area contributed by atoms with Crippen LogP contribution in [-0.2, 0) is 11.2 Å². The van der Waals surface area contributed by atoms with Crippen molar-refractivity contribution >= 4 is 28.6 Å². The third-order valence-electron chi connectivity index (χ3n) is 4.04. The summed E-state index contributed by atoms with van der Waals surface area (Å²) in [4.78, 5) is 15.8. The van der Waals surface area contributed by atoms with Crippen LogP contribution in [0.5, 0.6) is 0 Å². The van der Waals surface area contributed by atoms with Crippen molar-refractivity contribution in [3.8, 4) is 0 Å². The lowest BCUT2D eigenvalue weighted by Crippen LogP contribution is -2.26. The van der Waals surface area contributed by atoms with Crippen molar-refractivity contribution in [1.82, 2.24) is 0 Å². The number of nitrogens with zero attached hydrogens (tertiary/aromatic N) is 1. The van der Waals surface area contributed by atoms with E-state index in [-0.39, 0.29) is 5.91 Å². The number of rotatable bonds is 4. The molecule has 2 heterocycles. The van der Waals surface area contributed by atoms with Gasteiger partial charge < -0.3 is 10.2 Å². The molecule has 1 aromatic carbocycles. The highest BCUT2D eigenvalue weighted by atomic mass is 32.1. The number of para-hydroxylation sites is 2. The lowest BCUT2D eigenvalue weighted by Gasteiger charge is -2.25. The minimum absolute atomic E-state index is 0.0599. The van der Waals surface area contributed by atoms with Crippen molar-refractivity contribution in [1.29, 1.82) is 0 Å². The summed E-state index contributed by atoms with van der Waals surface area (Å²) in [6, 6.07) is 12.2. The molecule has 116 valence electrons. The molecule has 22 heavy (non-hydrogen) atoms. The van der Waals surface area contributed by atoms with E-state index in [2.05, 4.69) is 22.3 Å². The highest BCUT2D eigenvalue weighted by molar-refractivity contribution is 7.10. The predicted molar refractivity (Wildman–Crippen MR) is 93.8 cm³/mol. The summed E-state index contributed by atoms with van der Waals surface area (Å²) in [5.74, 6) is 0.0599. The maximum Gasteiger partial charge on any atom is 0.229 e. The van der Waals surface area contributed by atoms with Crippen LogP contribution < -0.4 is 10.2 Å². The van der Waals surface area contributed by atoms with Crippen LogP contribution in [0.4, 0.5) is 11.4 Å². The van der Waals surface area contributed by atoms with Gasteiger partial charge in [0, 0.05) is 18.0 Å². The number of hydrogen-bond donors (Lipinski definition) is 1.